The highest BCUT2D eigenvalue weighted by atomic mass is 32.2. The first kappa shape index (κ1) is 26.4. The first-order valence-corrected chi connectivity index (χ1v) is 13.1. The molecule has 0 heterocycles. The van der Waals surface area contributed by atoms with Crippen LogP contribution < -0.4 is 9.62 Å². The van der Waals surface area contributed by atoms with E-state index in [1.165, 1.54) is 4.90 Å². The average Bonchev–Trinajstić information content (AvgIpc) is 2.79. The van der Waals surface area contributed by atoms with Crippen molar-refractivity contribution in [2.45, 2.75) is 53.1 Å². The Labute approximate surface area is 197 Å². The fourth-order valence-electron chi connectivity index (χ4n) is 3.46. The molecule has 180 valence electrons. The molecular formula is C25H35N3O4S. The molecule has 2 amide bonds. The van der Waals surface area contributed by atoms with Gasteiger partial charge in [0.15, 0.2) is 0 Å². The Hall–Kier alpha value is -2.87. The van der Waals surface area contributed by atoms with Gasteiger partial charge in [0.25, 0.3) is 0 Å². The molecule has 0 aromatic heterocycles. The molecule has 0 saturated heterocycles. The second-order valence-corrected chi connectivity index (χ2v) is 10.1. The van der Waals surface area contributed by atoms with E-state index in [2.05, 4.69) is 5.32 Å². The van der Waals surface area contributed by atoms with Gasteiger partial charge in [0.05, 0.1) is 11.9 Å². The summed E-state index contributed by atoms with van der Waals surface area (Å²) in [6.45, 7) is 7.91. The van der Waals surface area contributed by atoms with E-state index in [-0.39, 0.29) is 19.0 Å². The van der Waals surface area contributed by atoms with Gasteiger partial charge < -0.3 is 10.2 Å². The van der Waals surface area contributed by atoms with Crippen LogP contribution in [0, 0.1) is 6.92 Å². The molecule has 1 atom stereocenters. The first-order valence-electron chi connectivity index (χ1n) is 11.3. The number of anilines is 1. The highest BCUT2D eigenvalue weighted by Gasteiger charge is 2.30. The molecule has 0 radical (unpaired) electrons. The minimum atomic E-state index is -3.72. The lowest BCUT2D eigenvalue weighted by Gasteiger charge is -2.32. The van der Waals surface area contributed by atoms with Gasteiger partial charge in [0.2, 0.25) is 21.8 Å². The van der Waals surface area contributed by atoms with Crippen LogP contribution in [0.15, 0.2) is 48.5 Å². The number of hydrogen-bond acceptors (Lipinski definition) is 4. The van der Waals surface area contributed by atoms with Gasteiger partial charge in [-0.2, -0.15) is 0 Å². The normalized spacial score (nSPS) is 12.2. The number of carbonyl (C=O) groups is 2. The largest absolute Gasteiger partial charge is 0.354 e. The van der Waals surface area contributed by atoms with Gasteiger partial charge in [-0.05, 0) is 55.5 Å². The second kappa shape index (κ2) is 11.8. The summed E-state index contributed by atoms with van der Waals surface area (Å²) < 4.78 is 26.2. The smallest absolute Gasteiger partial charge is 0.244 e. The molecule has 0 saturated carbocycles. The monoisotopic (exact) mass is 473 g/mol. The Bertz CT molecular complexity index is 1050. The van der Waals surface area contributed by atoms with Crippen LogP contribution in [0.25, 0.3) is 0 Å². The number of amides is 2. The zero-order valence-electron chi connectivity index (χ0n) is 20.2. The Morgan fingerprint density at radius 2 is 1.67 bits per heavy atom. The van der Waals surface area contributed by atoms with Crippen LogP contribution >= 0.6 is 0 Å². The molecule has 0 fully saturated rings. The summed E-state index contributed by atoms with van der Waals surface area (Å²) in [6.07, 6.45) is 2.68. The third-order valence-electron chi connectivity index (χ3n) is 5.63. The lowest BCUT2D eigenvalue weighted by Crippen LogP contribution is -2.51. The molecule has 0 bridgehead atoms. The summed E-state index contributed by atoms with van der Waals surface area (Å²) in [7, 11) is -3.72. The van der Waals surface area contributed by atoms with Gasteiger partial charge in [0.1, 0.15) is 12.6 Å². The molecular weight excluding hydrogens is 438 g/mol. The molecule has 2 aromatic rings. The molecule has 2 aromatic carbocycles. The Morgan fingerprint density at radius 3 is 2.21 bits per heavy atom. The number of benzene rings is 2. The average molecular weight is 474 g/mol. The van der Waals surface area contributed by atoms with Crippen molar-refractivity contribution in [2.24, 2.45) is 0 Å². The fraction of sp³-hybridized carbons (Fsp3) is 0.440. The Morgan fingerprint density at radius 1 is 1.03 bits per heavy atom. The molecule has 33 heavy (non-hydrogen) atoms. The van der Waals surface area contributed by atoms with Crippen molar-refractivity contribution in [1.29, 1.82) is 0 Å². The Kier molecular flexibility index (Phi) is 9.46. The summed E-state index contributed by atoms with van der Waals surface area (Å²) in [5.41, 5.74) is 3.38. The third-order valence-corrected chi connectivity index (χ3v) is 6.77. The fourth-order valence-corrected chi connectivity index (χ4v) is 4.31. The molecule has 0 spiro atoms. The van der Waals surface area contributed by atoms with Crippen molar-refractivity contribution in [3.8, 4) is 0 Å². The third kappa shape index (κ3) is 7.32. The van der Waals surface area contributed by atoms with Crippen molar-refractivity contribution < 1.29 is 18.0 Å². The molecule has 8 heteroatoms. The van der Waals surface area contributed by atoms with Gasteiger partial charge >= 0.3 is 0 Å². The van der Waals surface area contributed by atoms with E-state index in [1.807, 2.05) is 57.2 Å². The van der Waals surface area contributed by atoms with Crippen LogP contribution in [0.3, 0.4) is 0 Å². The minimum Gasteiger partial charge on any atom is -0.354 e. The lowest BCUT2D eigenvalue weighted by molar-refractivity contribution is -0.139. The number of carbonyl (C=O) groups excluding carboxylic acids is 2. The van der Waals surface area contributed by atoms with Gasteiger partial charge in [-0.15, -0.1) is 0 Å². The van der Waals surface area contributed by atoms with Gasteiger partial charge in [-0.1, -0.05) is 50.2 Å². The first-order chi connectivity index (χ1) is 15.6. The van der Waals surface area contributed by atoms with E-state index in [4.69, 9.17) is 0 Å². The highest BCUT2D eigenvalue weighted by Crippen LogP contribution is 2.20. The number of nitrogens with one attached hydrogen (secondary N) is 1. The maximum atomic E-state index is 13.5. The van der Waals surface area contributed by atoms with Crippen LogP contribution in [0.2, 0.25) is 0 Å². The number of rotatable bonds is 11. The number of nitrogens with zero attached hydrogens (tertiary/aromatic N) is 2. The second-order valence-electron chi connectivity index (χ2n) is 8.20. The summed E-state index contributed by atoms with van der Waals surface area (Å²) in [4.78, 5) is 27.6. The predicted molar refractivity (Wildman–Crippen MR) is 133 cm³/mol. The van der Waals surface area contributed by atoms with Gasteiger partial charge in [-0.25, -0.2) is 8.42 Å². The molecule has 2 rings (SSSR count). The topological polar surface area (TPSA) is 86.8 Å². The Balaban J connectivity index is 2.37. The summed E-state index contributed by atoms with van der Waals surface area (Å²) >= 11 is 0. The zero-order valence-corrected chi connectivity index (χ0v) is 21.0. The predicted octanol–water partition coefficient (Wildman–Crippen LogP) is 3.27. The van der Waals surface area contributed by atoms with E-state index in [9.17, 15) is 18.0 Å². The van der Waals surface area contributed by atoms with E-state index in [0.29, 0.717) is 12.2 Å². The zero-order chi connectivity index (χ0) is 24.6. The maximum Gasteiger partial charge on any atom is 0.244 e. The van der Waals surface area contributed by atoms with Crippen LogP contribution in [0.4, 0.5) is 5.69 Å². The van der Waals surface area contributed by atoms with Crippen molar-refractivity contribution in [2.75, 3.05) is 23.7 Å². The van der Waals surface area contributed by atoms with Gasteiger partial charge in [-0.3, -0.25) is 13.9 Å². The highest BCUT2D eigenvalue weighted by molar-refractivity contribution is 7.92. The molecule has 7 nitrogen and oxygen atoms in total. The molecule has 0 unspecified atom stereocenters. The van der Waals surface area contributed by atoms with Gasteiger partial charge in [0, 0.05) is 13.1 Å². The molecule has 0 aliphatic heterocycles. The summed E-state index contributed by atoms with van der Waals surface area (Å²) in [5.74, 6) is -0.709. The molecule has 0 aliphatic carbocycles. The maximum absolute atomic E-state index is 13.5. The van der Waals surface area contributed by atoms with Crippen molar-refractivity contribution in [1.82, 2.24) is 10.2 Å². The van der Waals surface area contributed by atoms with Crippen LogP contribution in [0.5, 0.6) is 0 Å². The summed E-state index contributed by atoms with van der Waals surface area (Å²) in [6, 6.07) is 14.0. The number of aryl methyl sites for hydroxylation is 2. The van der Waals surface area contributed by atoms with Crippen molar-refractivity contribution in [3.63, 3.8) is 0 Å². The number of sulfonamides is 1. The quantitative estimate of drug-likeness (QED) is 0.543. The number of hydrogen-bond donors (Lipinski definition) is 1. The lowest BCUT2D eigenvalue weighted by atomic mass is 10.1. The minimum absolute atomic E-state index is 0.207. The van der Waals surface area contributed by atoms with E-state index in [0.717, 1.165) is 40.1 Å². The van der Waals surface area contributed by atoms with Crippen LogP contribution in [0.1, 0.15) is 43.9 Å². The van der Waals surface area contributed by atoms with E-state index in [1.54, 1.807) is 19.1 Å². The molecule has 0 aliphatic rings. The van der Waals surface area contributed by atoms with Crippen molar-refractivity contribution >= 4 is 27.5 Å². The van der Waals surface area contributed by atoms with Crippen LogP contribution in [-0.2, 0) is 32.6 Å². The van der Waals surface area contributed by atoms with Crippen LogP contribution in [-0.4, -0.2) is 50.5 Å². The summed E-state index contributed by atoms with van der Waals surface area (Å²) in [5, 5.41) is 2.83. The van der Waals surface area contributed by atoms with E-state index >= 15 is 0 Å². The van der Waals surface area contributed by atoms with E-state index < -0.39 is 22.0 Å². The SMILES string of the molecule is CCCNC(=O)[C@@H](C)N(Cc1ccccc1C)C(=O)CN(c1ccc(CC)cc1)S(C)(=O)=O. The van der Waals surface area contributed by atoms with Crippen molar-refractivity contribution in [3.05, 3.63) is 65.2 Å². The molecule has 1 N–H and O–H groups in total. The standard InChI is InChI=1S/C25H35N3O4S/c1-6-16-26-25(30)20(4)27(17-22-11-9-8-10-19(22)3)24(29)18-28(33(5,31)32)23-14-12-21(7-2)13-15-23/h8-15,20H,6-7,16-18H2,1-5H3,(H,26,30)/t20-/m1/s1.